The summed E-state index contributed by atoms with van der Waals surface area (Å²) in [5.74, 6) is -1.70. The van der Waals surface area contributed by atoms with Gasteiger partial charge in [0.2, 0.25) is 5.91 Å². The minimum absolute atomic E-state index is 0.103. The lowest BCUT2D eigenvalue weighted by atomic mass is 10.0. The van der Waals surface area contributed by atoms with Crippen LogP contribution in [0, 0.1) is 10.1 Å². The standard InChI is InChI=1S/C11H12N2O5/c1-7(14)12-10(6-11(15)16)8-2-4-9(5-3-8)13(17)18/h2-5,10H,6H2,1H3,(H,12,14)(H,15,16)/p-1. The molecule has 1 atom stereocenters. The van der Waals surface area contributed by atoms with Gasteiger partial charge in [0.05, 0.1) is 11.0 Å². The van der Waals surface area contributed by atoms with Crippen LogP contribution in [0.5, 0.6) is 0 Å². The Morgan fingerprint density at radius 2 is 1.89 bits per heavy atom. The number of hydrogen-bond donors (Lipinski definition) is 1. The van der Waals surface area contributed by atoms with Gasteiger partial charge >= 0.3 is 0 Å². The van der Waals surface area contributed by atoms with Gasteiger partial charge in [0.15, 0.2) is 0 Å². The van der Waals surface area contributed by atoms with Gasteiger partial charge in [0, 0.05) is 31.4 Å². The minimum Gasteiger partial charge on any atom is -0.550 e. The third-order valence-corrected chi connectivity index (χ3v) is 2.25. The summed E-state index contributed by atoms with van der Waals surface area (Å²) >= 11 is 0. The molecule has 18 heavy (non-hydrogen) atoms. The predicted octanol–water partition coefficient (Wildman–Crippen LogP) is -0.0880. The van der Waals surface area contributed by atoms with E-state index in [9.17, 15) is 24.8 Å². The van der Waals surface area contributed by atoms with Crippen molar-refractivity contribution < 1.29 is 19.6 Å². The Hall–Kier alpha value is -2.44. The number of amides is 1. The predicted molar refractivity (Wildman–Crippen MR) is 59.3 cm³/mol. The van der Waals surface area contributed by atoms with Gasteiger partial charge in [-0.05, 0) is 5.56 Å². The molecule has 96 valence electrons. The zero-order valence-corrected chi connectivity index (χ0v) is 9.58. The van der Waals surface area contributed by atoms with Crippen LogP contribution in [0.25, 0.3) is 0 Å². The monoisotopic (exact) mass is 251 g/mol. The van der Waals surface area contributed by atoms with E-state index in [0.29, 0.717) is 5.56 Å². The SMILES string of the molecule is CC(=O)NC(CC(=O)[O-])c1ccc([N+](=O)[O-])cc1. The van der Waals surface area contributed by atoms with Crippen LogP contribution in [0.1, 0.15) is 24.9 Å². The molecule has 0 aliphatic heterocycles. The molecular formula is C11H11N2O5-. The Bertz CT molecular complexity index is 453. The first-order valence-corrected chi connectivity index (χ1v) is 5.11. The molecule has 0 radical (unpaired) electrons. The van der Waals surface area contributed by atoms with Crippen molar-refractivity contribution >= 4 is 17.6 Å². The quantitative estimate of drug-likeness (QED) is 0.580. The molecule has 0 saturated heterocycles. The summed E-state index contributed by atoms with van der Waals surface area (Å²) in [5, 5.41) is 23.5. The van der Waals surface area contributed by atoms with Crippen LogP contribution in [0.15, 0.2) is 24.3 Å². The fourth-order valence-corrected chi connectivity index (χ4v) is 1.49. The first-order valence-electron chi connectivity index (χ1n) is 5.11. The highest BCUT2D eigenvalue weighted by molar-refractivity contribution is 5.75. The van der Waals surface area contributed by atoms with E-state index in [2.05, 4.69) is 5.32 Å². The molecule has 1 aromatic carbocycles. The number of nitrogens with one attached hydrogen (secondary N) is 1. The van der Waals surface area contributed by atoms with Crippen molar-refractivity contribution in [3.05, 3.63) is 39.9 Å². The normalized spacial score (nSPS) is 11.6. The lowest BCUT2D eigenvalue weighted by Gasteiger charge is -2.18. The van der Waals surface area contributed by atoms with Gasteiger partial charge in [-0.15, -0.1) is 0 Å². The number of nitro groups is 1. The second kappa shape index (κ2) is 5.76. The highest BCUT2D eigenvalue weighted by atomic mass is 16.6. The maximum atomic E-state index is 11.0. The minimum atomic E-state index is -1.31. The summed E-state index contributed by atoms with van der Waals surface area (Å²) in [5.41, 5.74) is 0.369. The fraction of sp³-hybridized carbons (Fsp3) is 0.273. The molecule has 0 spiro atoms. The average molecular weight is 251 g/mol. The number of rotatable bonds is 5. The summed E-state index contributed by atoms with van der Waals surface area (Å²) in [7, 11) is 0. The van der Waals surface area contributed by atoms with Crippen LogP contribution < -0.4 is 10.4 Å². The van der Waals surface area contributed by atoms with Crippen LogP contribution in [-0.4, -0.2) is 16.8 Å². The molecule has 7 nitrogen and oxygen atoms in total. The lowest BCUT2D eigenvalue weighted by molar-refractivity contribution is -0.384. The number of non-ortho nitro benzene ring substituents is 1. The van der Waals surface area contributed by atoms with Crippen molar-refractivity contribution in [1.82, 2.24) is 5.32 Å². The van der Waals surface area contributed by atoms with Crippen LogP contribution in [0.2, 0.25) is 0 Å². The van der Waals surface area contributed by atoms with E-state index in [4.69, 9.17) is 0 Å². The van der Waals surface area contributed by atoms with E-state index >= 15 is 0 Å². The summed E-state index contributed by atoms with van der Waals surface area (Å²) in [6.45, 7) is 1.26. The zero-order valence-electron chi connectivity index (χ0n) is 9.58. The molecule has 1 N–H and O–H groups in total. The molecule has 0 heterocycles. The van der Waals surface area contributed by atoms with Crippen molar-refractivity contribution in [3.8, 4) is 0 Å². The van der Waals surface area contributed by atoms with E-state index in [0.717, 1.165) is 0 Å². The molecule has 0 bridgehead atoms. The number of hydrogen-bond acceptors (Lipinski definition) is 5. The molecule has 0 fully saturated rings. The molecule has 1 unspecified atom stereocenters. The average Bonchev–Trinajstić information content (AvgIpc) is 2.27. The lowest BCUT2D eigenvalue weighted by Crippen LogP contribution is -2.33. The number of nitrogens with zero attached hydrogens (tertiary/aromatic N) is 1. The van der Waals surface area contributed by atoms with Gasteiger partial charge < -0.3 is 15.2 Å². The highest BCUT2D eigenvalue weighted by Gasteiger charge is 2.14. The van der Waals surface area contributed by atoms with Crippen LogP contribution >= 0.6 is 0 Å². The fourth-order valence-electron chi connectivity index (χ4n) is 1.49. The van der Waals surface area contributed by atoms with E-state index in [-0.39, 0.29) is 11.6 Å². The first kappa shape index (κ1) is 13.6. The number of nitro benzene ring substituents is 1. The molecule has 0 aliphatic rings. The van der Waals surface area contributed by atoms with Crippen molar-refractivity contribution in [3.63, 3.8) is 0 Å². The van der Waals surface area contributed by atoms with E-state index in [1.807, 2.05) is 0 Å². The Morgan fingerprint density at radius 1 is 1.33 bits per heavy atom. The number of carbonyl (C=O) groups excluding carboxylic acids is 2. The highest BCUT2D eigenvalue weighted by Crippen LogP contribution is 2.20. The van der Waals surface area contributed by atoms with Crippen LogP contribution in [0.3, 0.4) is 0 Å². The number of aliphatic carboxylic acids is 1. The van der Waals surface area contributed by atoms with Crippen molar-refractivity contribution in [2.45, 2.75) is 19.4 Å². The Balaban J connectivity index is 2.93. The second-order valence-corrected chi connectivity index (χ2v) is 3.68. The maximum absolute atomic E-state index is 11.0. The largest absolute Gasteiger partial charge is 0.550 e. The molecule has 0 aliphatic carbocycles. The van der Waals surface area contributed by atoms with Gasteiger partial charge in [0.25, 0.3) is 5.69 Å². The van der Waals surface area contributed by atoms with Crippen molar-refractivity contribution in [1.29, 1.82) is 0 Å². The third kappa shape index (κ3) is 3.85. The summed E-state index contributed by atoms with van der Waals surface area (Å²) in [6, 6.07) is 4.55. The molecule has 1 amide bonds. The van der Waals surface area contributed by atoms with Gasteiger partial charge in [-0.1, -0.05) is 12.1 Å². The smallest absolute Gasteiger partial charge is 0.269 e. The summed E-state index contributed by atoms with van der Waals surface area (Å²) in [4.78, 5) is 31.4. The van der Waals surface area contributed by atoms with Crippen molar-refractivity contribution in [2.75, 3.05) is 0 Å². The van der Waals surface area contributed by atoms with Gasteiger partial charge in [-0.3, -0.25) is 14.9 Å². The number of carboxylic acids is 1. The van der Waals surface area contributed by atoms with E-state index in [1.54, 1.807) is 0 Å². The van der Waals surface area contributed by atoms with Gasteiger partial charge in [-0.2, -0.15) is 0 Å². The third-order valence-electron chi connectivity index (χ3n) is 2.25. The number of benzene rings is 1. The van der Waals surface area contributed by atoms with E-state index < -0.39 is 23.4 Å². The molecule has 0 aromatic heterocycles. The zero-order chi connectivity index (χ0) is 13.7. The van der Waals surface area contributed by atoms with E-state index in [1.165, 1.54) is 31.2 Å². The molecule has 1 rings (SSSR count). The van der Waals surface area contributed by atoms with Gasteiger partial charge in [0.1, 0.15) is 0 Å². The van der Waals surface area contributed by atoms with Crippen LogP contribution in [-0.2, 0) is 9.59 Å². The summed E-state index contributed by atoms with van der Waals surface area (Å²) in [6.07, 6.45) is -0.391. The molecule has 7 heteroatoms. The Morgan fingerprint density at radius 3 is 2.28 bits per heavy atom. The first-order chi connectivity index (χ1) is 8.40. The molecule has 0 saturated carbocycles. The molecular weight excluding hydrogens is 240 g/mol. The van der Waals surface area contributed by atoms with Crippen molar-refractivity contribution in [2.24, 2.45) is 0 Å². The van der Waals surface area contributed by atoms with Gasteiger partial charge in [-0.25, -0.2) is 0 Å². The topological polar surface area (TPSA) is 112 Å². The molecule has 1 aromatic rings. The maximum Gasteiger partial charge on any atom is 0.269 e. The summed E-state index contributed by atoms with van der Waals surface area (Å²) < 4.78 is 0. The Kier molecular flexibility index (Phi) is 4.36. The number of carboxylic acid groups (broad SMARTS) is 1. The second-order valence-electron chi connectivity index (χ2n) is 3.68. The van der Waals surface area contributed by atoms with Crippen LogP contribution in [0.4, 0.5) is 5.69 Å². The number of carbonyl (C=O) groups is 2. The Labute approximate surface area is 103 Å².